The first-order valence-electron chi connectivity index (χ1n) is 7.63. The van der Waals surface area contributed by atoms with Crippen LogP contribution in [0, 0.1) is 0 Å². The van der Waals surface area contributed by atoms with Crippen molar-refractivity contribution in [3.05, 3.63) is 34.3 Å². The van der Waals surface area contributed by atoms with E-state index >= 15 is 0 Å². The highest BCUT2D eigenvalue weighted by molar-refractivity contribution is 9.10. The molecule has 0 bridgehead atoms. The third-order valence-corrected chi connectivity index (χ3v) is 4.97. The van der Waals surface area contributed by atoms with Crippen molar-refractivity contribution in [1.29, 1.82) is 0 Å². The summed E-state index contributed by atoms with van der Waals surface area (Å²) in [5.74, 6) is 0. The van der Waals surface area contributed by atoms with Crippen molar-refractivity contribution in [2.24, 2.45) is 5.73 Å². The number of hydrogen-bond donors (Lipinski definition) is 1. The maximum Gasteiger partial charge on any atom is 0.0471 e. The molecule has 112 valence electrons. The predicted molar refractivity (Wildman–Crippen MR) is 88.8 cm³/mol. The zero-order chi connectivity index (χ0) is 14.5. The Labute approximate surface area is 131 Å². The lowest BCUT2D eigenvalue weighted by molar-refractivity contribution is 0.190. The number of likely N-dealkylation sites (N-methyl/N-ethyl adjacent to an activating group) is 1. The van der Waals surface area contributed by atoms with E-state index in [-0.39, 0.29) is 0 Å². The molecule has 0 spiro atoms. The molecule has 0 saturated carbocycles. The second kappa shape index (κ2) is 7.55. The van der Waals surface area contributed by atoms with Gasteiger partial charge in [0.15, 0.2) is 0 Å². The van der Waals surface area contributed by atoms with Gasteiger partial charge in [-0.3, -0.25) is 9.80 Å². The van der Waals surface area contributed by atoms with Crippen LogP contribution in [-0.4, -0.2) is 48.6 Å². The number of benzene rings is 1. The summed E-state index contributed by atoms with van der Waals surface area (Å²) in [6, 6.07) is 9.63. The van der Waals surface area contributed by atoms with Crippen LogP contribution in [-0.2, 0) is 0 Å². The molecule has 2 atom stereocenters. The highest BCUT2D eigenvalue weighted by atomic mass is 79.9. The van der Waals surface area contributed by atoms with Crippen molar-refractivity contribution >= 4 is 15.9 Å². The van der Waals surface area contributed by atoms with Crippen molar-refractivity contribution in [3.63, 3.8) is 0 Å². The van der Waals surface area contributed by atoms with E-state index in [1.165, 1.54) is 12.0 Å². The molecule has 1 heterocycles. The fraction of sp³-hybridized carbons (Fsp3) is 0.625. The largest absolute Gasteiger partial charge is 0.329 e. The number of hydrogen-bond acceptors (Lipinski definition) is 3. The van der Waals surface area contributed by atoms with Crippen LogP contribution in [0.25, 0.3) is 0 Å². The van der Waals surface area contributed by atoms with E-state index < -0.39 is 0 Å². The minimum absolute atomic E-state index is 0.351. The summed E-state index contributed by atoms with van der Waals surface area (Å²) in [4.78, 5) is 5.11. The van der Waals surface area contributed by atoms with E-state index in [9.17, 15) is 0 Å². The molecule has 3 nitrogen and oxygen atoms in total. The molecule has 2 N–H and O–H groups in total. The van der Waals surface area contributed by atoms with Crippen LogP contribution in [0.5, 0.6) is 0 Å². The number of nitrogens with two attached hydrogens (primary N) is 1. The Hall–Kier alpha value is -0.420. The standard InChI is InChI=1S/C16H26BrN3/c1-3-19(4-2)15-9-10-20(12-15)16(11-18)13-5-7-14(17)8-6-13/h5-8,15-16H,3-4,9-12,18H2,1-2H3. The molecule has 2 unspecified atom stereocenters. The lowest BCUT2D eigenvalue weighted by Crippen LogP contribution is -2.39. The maximum absolute atomic E-state index is 6.04. The van der Waals surface area contributed by atoms with Crippen LogP contribution in [0.3, 0.4) is 0 Å². The molecule has 0 aliphatic carbocycles. The SMILES string of the molecule is CCN(CC)C1CCN(C(CN)c2ccc(Br)cc2)C1. The molecule has 1 aromatic rings. The molecule has 0 radical (unpaired) electrons. The van der Waals surface area contributed by atoms with Gasteiger partial charge in [-0.2, -0.15) is 0 Å². The molecule has 0 aromatic heterocycles. The maximum atomic E-state index is 6.04. The van der Waals surface area contributed by atoms with Crippen LogP contribution >= 0.6 is 15.9 Å². The predicted octanol–water partition coefficient (Wildman–Crippen LogP) is 2.87. The minimum Gasteiger partial charge on any atom is -0.329 e. The summed E-state index contributed by atoms with van der Waals surface area (Å²) < 4.78 is 1.12. The summed E-state index contributed by atoms with van der Waals surface area (Å²) in [5, 5.41) is 0. The first-order chi connectivity index (χ1) is 9.69. The molecule has 4 heteroatoms. The molecule has 2 rings (SSSR count). The summed E-state index contributed by atoms with van der Waals surface area (Å²) in [5.41, 5.74) is 7.37. The molecular weight excluding hydrogens is 314 g/mol. The van der Waals surface area contributed by atoms with Crippen LogP contribution in [0.2, 0.25) is 0 Å². The van der Waals surface area contributed by atoms with Crippen molar-refractivity contribution in [3.8, 4) is 0 Å². The summed E-state index contributed by atoms with van der Waals surface area (Å²) in [6.07, 6.45) is 1.26. The molecule has 1 aliphatic rings. The van der Waals surface area contributed by atoms with Gasteiger partial charge < -0.3 is 5.73 Å². The smallest absolute Gasteiger partial charge is 0.0471 e. The monoisotopic (exact) mass is 339 g/mol. The quantitative estimate of drug-likeness (QED) is 0.864. The molecule has 1 aliphatic heterocycles. The third-order valence-electron chi connectivity index (χ3n) is 4.44. The zero-order valence-electron chi connectivity index (χ0n) is 12.6. The van der Waals surface area contributed by atoms with Crippen LogP contribution < -0.4 is 5.73 Å². The molecule has 1 aromatic carbocycles. The van der Waals surface area contributed by atoms with Gasteiger partial charge in [0.2, 0.25) is 0 Å². The van der Waals surface area contributed by atoms with Gasteiger partial charge in [0, 0.05) is 36.2 Å². The number of nitrogens with zero attached hydrogens (tertiary/aromatic N) is 2. The summed E-state index contributed by atoms with van der Waals surface area (Å²) in [6.45, 7) is 9.76. The topological polar surface area (TPSA) is 32.5 Å². The third kappa shape index (κ3) is 3.61. The van der Waals surface area contributed by atoms with Gasteiger partial charge in [0.1, 0.15) is 0 Å². The number of rotatable bonds is 6. The van der Waals surface area contributed by atoms with Crippen LogP contribution in [0.1, 0.15) is 31.9 Å². The lowest BCUT2D eigenvalue weighted by atomic mass is 10.1. The van der Waals surface area contributed by atoms with E-state index in [2.05, 4.69) is 63.8 Å². The van der Waals surface area contributed by atoms with E-state index in [1.807, 2.05) is 0 Å². The Morgan fingerprint density at radius 1 is 1.30 bits per heavy atom. The average Bonchev–Trinajstić information content (AvgIpc) is 2.93. The van der Waals surface area contributed by atoms with Gasteiger partial charge >= 0.3 is 0 Å². The minimum atomic E-state index is 0.351. The molecule has 1 fully saturated rings. The number of likely N-dealkylation sites (tertiary alicyclic amines) is 1. The van der Waals surface area contributed by atoms with Crippen LogP contribution in [0.15, 0.2) is 28.7 Å². The van der Waals surface area contributed by atoms with E-state index in [1.54, 1.807) is 0 Å². The first-order valence-corrected chi connectivity index (χ1v) is 8.42. The summed E-state index contributed by atoms with van der Waals surface area (Å²) in [7, 11) is 0. The summed E-state index contributed by atoms with van der Waals surface area (Å²) >= 11 is 3.50. The Balaban J connectivity index is 2.04. The lowest BCUT2D eigenvalue weighted by Gasteiger charge is -2.30. The van der Waals surface area contributed by atoms with Crippen LogP contribution in [0.4, 0.5) is 0 Å². The van der Waals surface area contributed by atoms with Gasteiger partial charge in [0.25, 0.3) is 0 Å². The normalized spacial score (nSPS) is 21.6. The van der Waals surface area contributed by atoms with Gasteiger partial charge in [0.05, 0.1) is 0 Å². The van der Waals surface area contributed by atoms with Gasteiger partial charge in [-0.15, -0.1) is 0 Å². The first kappa shape index (κ1) is 16.0. The van der Waals surface area contributed by atoms with Crippen molar-refractivity contribution in [2.75, 3.05) is 32.7 Å². The fourth-order valence-electron chi connectivity index (χ4n) is 3.27. The Bertz CT molecular complexity index is 403. The molecule has 0 amide bonds. The zero-order valence-corrected chi connectivity index (χ0v) is 14.1. The van der Waals surface area contributed by atoms with E-state index in [0.717, 1.165) is 30.7 Å². The van der Waals surface area contributed by atoms with Crippen molar-refractivity contribution < 1.29 is 0 Å². The Kier molecular flexibility index (Phi) is 6.02. The Morgan fingerprint density at radius 3 is 2.50 bits per heavy atom. The molecule has 20 heavy (non-hydrogen) atoms. The highest BCUT2D eigenvalue weighted by Gasteiger charge is 2.30. The fourth-order valence-corrected chi connectivity index (χ4v) is 3.53. The second-order valence-electron chi connectivity index (χ2n) is 5.46. The Morgan fingerprint density at radius 2 is 1.95 bits per heavy atom. The van der Waals surface area contributed by atoms with Gasteiger partial charge in [-0.1, -0.05) is 41.9 Å². The number of halogens is 1. The second-order valence-corrected chi connectivity index (χ2v) is 6.38. The van der Waals surface area contributed by atoms with Crippen molar-refractivity contribution in [2.45, 2.75) is 32.4 Å². The van der Waals surface area contributed by atoms with E-state index in [0.29, 0.717) is 18.6 Å². The highest BCUT2D eigenvalue weighted by Crippen LogP contribution is 2.27. The average molecular weight is 340 g/mol. The van der Waals surface area contributed by atoms with Gasteiger partial charge in [-0.05, 0) is 37.2 Å². The molecule has 1 saturated heterocycles. The molecular formula is C16H26BrN3. The van der Waals surface area contributed by atoms with Crippen molar-refractivity contribution in [1.82, 2.24) is 9.80 Å². The van der Waals surface area contributed by atoms with E-state index in [4.69, 9.17) is 5.73 Å². The van der Waals surface area contributed by atoms with Gasteiger partial charge in [-0.25, -0.2) is 0 Å².